The second-order valence-electron chi connectivity index (χ2n) is 6.53. The van der Waals surface area contributed by atoms with E-state index in [0.717, 1.165) is 23.2 Å². The number of nitrogens with zero attached hydrogens (tertiary/aromatic N) is 1. The monoisotopic (exact) mass is 392 g/mol. The standard InChI is InChI=1S/C19H21ClN2O3S/c1-13-5-8-17(14(2)11-13)21-19(23)15-6-7-16(20)18(12-15)22-9-3-4-10-26(22,24)25/h5-8,11-12H,3-4,9-10H2,1-2H3,(H,21,23). The molecule has 0 unspecified atom stereocenters. The number of benzene rings is 2. The predicted octanol–water partition coefficient (Wildman–Crippen LogP) is 4.14. The molecule has 0 aliphatic carbocycles. The highest BCUT2D eigenvalue weighted by Crippen LogP contribution is 2.32. The Morgan fingerprint density at radius 3 is 2.58 bits per heavy atom. The number of aryl methyl sites for hydroxylation is 2. The first-order valence-corrected chi connectivity index (χ1v) is 10.5. The molecular formula is C19H21ClN2O3S. The summed E-state index contributed by atoms with van der Waals surface area (Å²) >= 11 is 6.23. The fourth-order valence-corrected chi connectivity index (χ4v) is 4.97. The molecule has 1 N–H and O–H groups in total. The van der Waals surface area contributed by atoms with Gasteiger partial charge in [-0.25, -0.2) is 8.42 Å². The summed E-state index contributed by atoms with van der Waals surface area (Å²) in [5, 5.41) is 3.19. The van der Waals surface area contributed by atoms with Gasteiger partial charge in [-0.1, -0.05) is 29.3 Å². The highest BCUT2D eigenvalue weighted by Gasteiger charge is 2.28. The first-order chi connectivity index (χ1) is 12.3. The van der Waals surface area contributed by atoms with Crippen LogP contribution in [0.1, 0.15) is 34.3 Å². The maximum atomic E-state index is 12.6. The highest BCUT2D eigenvalue weighted by molar-refractivity contribution is 7.92. The summed E-state index contributed by atoms with van der Waals surface area (Å²) in [4.78, 5) is 12.6. The largest absolute Gasteiger partial charge is 0.322 e. The predicted molar refractivity (Wildman–Crippen MR) is 106 cm³/mol. The molecule has 0 aromatic heterocycles. The number of amides is 1. The van der Waals surface area contributed by atoms with E-state index in [1.165, 1.54) is 4.31 Å². The van der Waals surface area contributed by atoms with Crippen molar-refractivity contribution >= 4 is 38.9 Å². The van der Waals surface area contributed by atoms with Gasteiger partial charge < -0.3 is 5.32 Å². The molecule has 26 heavy (non-hydrogen) atoms. The number of sulfonamides is 1. The van der Waals surface area contributed by atoms with Gasteiger partial charge in [-0.15, -0.1) is 0 Å². The summed E-state index contributed by atoms with van der Waals surface area (Å²) in [5.74, 6) is -0.202. The van der Waals surface area contributed by atoms with Crippen LogP contribution in [-0.2, 0) is 10.0 Å². The summed E-state index contributed by atoms with van der Waals surface area (Å²) in [6, 6.07) is 10.5. The number of hydrogen-bond acceptors (Lipinski definition) is 3. The van der Waals surface area contributed by atoms with Crippen LogP contribution in [0.5, 0.6) is 0 Å². The minimum atomic E-state index is -3.39. The molecule has 1 amide bonds. The van der Waals surface area contributed by atoms with Gasteiger partial charge in [0.15, 0.2) is 0 Å². The van der Waals surface area contributed by atoms with Crippen molar-refractivity contribution in [3.63, 3.8) is 0 Å². The summed E-state index contributed by atoms with van der Waals surface area (Å²) in [7, 11) is -3.39. The van der Waals surface area contributed by atoms with Gasteiger partial charge >= 0.3 is 0 Å². The summed E-state index contributed by atoms with van der Waals surface area (Å²) in [6.07, 6.45) is 1.41. The molecule has 1 aliphatic rings. The lowest BCUT2D eigenvalue weighted by atomic mass is 10.1. The van der Waals surface area contributed by atoms with Crippen LogP contribution in [0.25, 0.3) is 0 Å². The van der Waals surface area contributed by atoms with Crippen molar-refractivity contribution in [2.24, 2.45) is 0 Å². The van der Waals surface area contributed by atoms with Crippen LogP contribution >= 0.6 is 11.6 Å². The number of hydrogen-bond donors (Lipinski definition) is 1. The van der Waals surface area contributed by atoms with Crippen molar-refractivity contribution in [3.8, 4) is 0 Å². The number of carbonyl (C=O) groups is 1. The molecule has 7 heteroatoms. The topological polar surface area (TPSA) is 66.5 Å². The van der Waals surface area contributed by atoms with E-state index in [0.29, 0.717) is 29.2 Å². The lowest BCUT2D eigenvalue weighted by Crippen LogP contribution is -2.38. The van der Waals surface area contributed by atoms with Crippen LogP contribution in [0.2, 0.25) is 5.02 Å². The molecule has 0 spiro atoms. The summed E-state index contributed by atoms with van der Waals surface area (Å²) in [5.41, 5.74) is 3.53. The molecule has 1 fully saturated rings. The molecular weight excluding hydrogens is 372 g/mol. The van der Waals surface area contributed by atoms with Crippen LogP contribution in [0.4, 0.5) is 11.4 Å². The van der Waals surface area contributed by atoms with Crippen molar-refractivity contribution in [2.45, 2.75) is 26.7 Å². The normalized spacial score (nSPS) is 16.3. The van der Waals surface area contributed by atoms with E-state index in [-0.39, 0.29) is 11.7 Å². The molecule has 0 bridgehead atoms. The van der Waals surface area contributed by atoms with Gasteiger partial charge in [0.2, 0.25) is 10.0 Å². The van der Waals surface area contributed by atoms with Gasteiger partial charge in [-0.05, 0) is 56.5 Å². The van der Waals surface area contributed by atoms with E-state index in [2.05, 4.69) is 5.32 Å². The maximum absolute atomic E-state index is 12.6. The highest BCUT2D eigenvalue weighted by atomic mass is 35.5. The molecule has 1 aliphatic heterocycles. The fourth-order valence-electron chi connectivity index (χ4n) is 3.05. The average molecular weight is 393 g/mol. The first-order valence-electron chi connectivity index (χ1n) is 8.46. The fraction of sp³-hybridized carbons (Fsp3) is 0.316. The van der Waals surface area contributed by atoms with E-state index >= 15 is 0 Å². The molecule has 1 saturated heterocycles. The van der Waals surface area contributed by atoms with Crippen LogP contribution in [-0.4, -0.2) is 26.6 Å². The molecule has 0 radical (unpaired) electrons. The number of carbonyl (C=O) groups excluding carboxylic acids is 1. The van der Waals surface area contributed by atoms with Gasteiger partial charge in [0, 0.05) is 17.8 Å². The molecule has 0 saturated carbocycles. The van der Waals surface area contributed by atoms with Crippen LogP contribution in [0.3, 0.4) is 0 Å². The molecule has 0 atom stereocenters. The summed E-state index contributed by atoms with van der Waals surface area (Å²) in [6.45, 7) is 4.30. The Morgan fingerprint density at radius 2 is 1.88 bits per heavy atom. The lowest BCUT2D eigenvalue weighted by molar-refractivity contribution is 0.102. The van der Waals surface area contributed by atoms with Gasteiger partial charge in [-0.3, -0.25) is 9.10 Å². The Morgan fingerprint density at radius 1 is 1.12 bits per heavy atom. The van der Waals surface area contributed by atoms with E-state index in [1.807, 2.05) is 32.0 Å². The second kappa shape index (κ2) is 7.29. The first kappa shape index (κ1) is 18.7. The van der Waals surface area contributed by atoms with Gasteiger partial charge in [0.25, 0.3) is 5.91 Å². The number of halogens is 1. The number of nitrogens with one attached hydrogen (secondary N) is 1. The Kier molecular flexibility index (Phi) is 5.25. The summed E-state index contributed by atoms with van der Waals surface area (Å²) < 4.78 is 26.0. The molecule has 138 valence electrons. The number of anilines is 2. The zero-order chi connectivity index (χ0) is 18.9. The van der Waals surface area contributed by atoms with Crippen molar-refractivity contribution in [2.75, 3.05) is 21.9 Å². The SMILES string of the molecule is Cc1ccc(NC(=O)c2ccc(Cl)c(N3CCCCS3(=O)=O)c2)c(C)c1. The third-order valence-corrected chi connectivity index (χ3v) is 6.63. The zero-order valence-electron chi connectivity index (χ0n) is 14.8. The Hall–Kier alpha value is -2.05. The molecule has 1 heterocycles. The average Bonchev–Trinajstić information content (AvgIpc) is 2.58. The van der Waals surface area contributed by atoms with Crippen LogP contribution in [0, 0.1) is 13.8 Å². The Bertz CT molecular complexity index is 957. The minimum absolute atomic E-state index is 0.0995. The van der Waals surface area contributed by atoms with Crippen molar-refractivity contribution in [1.82, 2.24) is 0 Å². The van der Waals surface area contributed by atoms with Gasteiger partial charge in [0.1, 0.15) is 0 Å². The minimum Gasteiger partial charge on any atom is -0.322 e. The van der Waals surface area contributed by atoms with E-state index in [9.17, 15) is 13.2 Å². The van der Waals surface area contributed by atoms with E-state index in [4.69, 9.17) is 11.6 Å². The zero-order valence-corrected chi connectivity index (χ0v) is 16.3. The van der Waals surface area contributed by atoms with Crippen LogP contribution in [0.15, 0.2) is 36.4 Å². The van der Waals surface area contributed by atoms with E-state index in [1.54, 1.807) is 18.2 Å². The third-order valence-electron chi connectivity index (χ3n) is 4.46. The smallest absolute Gasteiger partial charge is 0.255 e. The quantitative estimate of drug-likeness (QED) is 0.853. The van der Waals surface area contributed by atoms with Crippen molar-refractivity contribution in [3.05, 3.63) is 58.1 Å². The Labute approximate surface area is 159 Å². The van der Waals surface area contributed by atoms with Crippen LogP contribution < -0.4 is 9.62 Å². The van der Waals surface area contributed by atoms with Crippen molar-refractivity contribution in [1.29, 1.82) is 0 Å². The Balaban J connectivity index is 1.90. The molecule has 2 aromatic rings. The molecule has 3 rings (SSSR count). The second-order valence-corrected chi connectivity index (χ2v) is 8.95. The van der Waals surface area contributed by atoms with E-state index < -0.39 is 10.0 Å². The van der Waals surface area contributed by atoms with Gasteiger partial charge in [-0.2, -0.15) is 0 Å². The maximum Gasteiger partial charge on any atom is 0.255 e. The molecule has 2 aromatic carbocycles. The van der Waals surface area contributed by atoms with Crippen molar-refractivity contribution < 1.29 is 13.2 Å². The third kappa shape index (κ3) is 3.86. The van der Waals surface area contributed by atoms with Gasteiger partial charge in [0.05, 0.1) is 16.5 Å². The lowest BCUT2D eigenvalue weighted by Gasteiger charge is -2.29. The number of rotatable bonds is 3. The molecule has 5 nitrogen and oxygen atoms in total.